The predicted octanol–water partition coefficient (Wildman–Crippen LogP) is 6.07. The van der Waals surface area contributed by atoms with E-state index < -0.39 is 15.0 Å². The Kier molecular flexibility index (Phi) is 8.06. The van der Waals surface area contributed by atoms with Gasteiger partial charge in [-0.05, 0) is 35.6 Å². The van der Waals surface area contributed by atoms with Gasteiger partial charge in [0, 0.05) is 5.92 Å². The highest BCUT2D eigenvalue weighted by atomic mass is 32.2. The molecule has 1 saturated carbocycles. The minimum Gasteiger partial charge on any atom is -0.494 e. The average molecular weight is 471 g/mol. The van der Waals surface area contributed by atoms with Crippen LogP contribution < -0.4 is 10.5 Å². The van der Waals surface area contributed by atoms with Gasteiger partial charge < -0.3 is 10.5 Å². The molecule has 1 heterocycles. The van der Waals surface area contributed by atoms with E-state index in [1.807, 2.05) is 24.3 Å². The van der Waals surface area contributed by atoms with Gasteiger partial charge in [0.25, 0.3) is 0 Å². The van der Waals surface area contributed by atoms with Crippen molar-refractivity contribution in [1.29, 1.82) is 10.5 Å². The molecular weight excluding hydrogens is 436 g/mol. The fraction of sp³-hybridized carbons (Fsp3) is 0.640. The summed E-state index contributed by atoms with van der Waals surface area (Å²) >= 11 is 3.24. The monoisotopic (exact) mass is 470 g/mol. The largest absolute Gasteiger partial charge is 0.494 e. The van der Waals surface area contributed by atoms with Crippen molar-refractivity contribution >= 4 is 29.4 Å². The number of nitrogens with zero attached hydrogens (tertiary/aromatic N) is 3. The molecule has 7 heteroatoms. The van der Waals surface area contributed by atoms with E-state index in [2.05, 4.69) is 32.9 Å². The first kappa shape index (κ1) is 24.8. The van der Waals surface area contributed by atoms with Gasteiger partial charge >= 0.3 is 0 Å². The molecule has 1 aliphatic heterocycles. The number of rotatable bonds is 13. The fourth-order valence-electron chi connectivity index (χ4n) is 5.08. The van der Waals surface area contributed by atoms with E-state index in [9.17, 15) is 10.5 Å². The standard InChI is InChI=1S/C25H34N4OS2/c1-4-7-8-9-10-11-16-30-20-14-12-19(13-15-20)21-23(17-26)22(28)29-25(31-5-2,32-6-3)24(21,23)18-27/h12-15,21H,4-11,16H2,1-3H3,(H2,28,29). The lowest BCUT2D eigenvalue weighted by Gasteiger charge is -2.31. The number of ether oxygens (including phenoxy) is 1. The van der Waals surface area contributed by atoms with E-state index in [1.165, 1.54) is 32.1 Å². The molecule has 0 radical (unpaired) electrons. The summed E-state index contributed by atoms with van der Waals surface area (Å²) in [6.45, 7) is 7.05. The number of nitriles is 2. The zero-order chi connectivity index (χ0) is 23.2. The Balaban J connectivity index is 1.75. The zero-order valence-electron chi connectivity index (χ0n) is 19.4. The zero-order valence-corrected chi connectivity index (χ0v) is 21.0. The molecule has 32 heavy (non-hydrogen) atoms. The number of thioether (sulfide) groups is 2. The Morgan fingerprint density at radius 2 is 1.59 bits per heavy atom. The Labute approximate surface area is 201 Å². The lowest BCUT2D eigenvalue weighted by molar-refractivity contribution is 0.304. The van der Waals surface area contributed by atoms with Crippen LogP contribution in [0, 0.1) is 33.5 Å². The van der Waals surface area contributed by atoms with Crippen LogP contribution in [0.25, 0.3) is 0 Å². The Hall–Kier alpha value is -1.83. The molecule has 3 atom stereocenters. The van der Waals surface area contributed by atoms with Gasteiger partial charge in [0.1, 0.15) is 22.4 Å². The molecule has 1 aromatic rings. The molecule has 1 aromatic carbocycles. The highest BCUT2D eigenvalue weighted by molar-refractivity contribution is 8.18. The lowest BCUT2D eigenvalue weighted by atomic mass is 9.97. The summed E-state index contributed by atoms with van der Waals surface area (Å²) in [5.41, 5.74) is 5.30. The van der Waals surface area contributed by atoms with Gasteiger partial charge in [0.15, 0.2) is 4.20 Å². The van der Waals surface area contributed by atoms with Crippen molar-refractivity contribution in [1.82, 2.24) is 0 Å². The molecule has 1 aliphatic carbocycles. The minimum atomic E-state index is -1.06. The number of benzene rings is 1. The molecule has 0 spiro atoms. The predicted molar refractivity (Wildman–Crippen MR) is 135 cm³/mol. The van der Waals surface area contributed by atoms with Gasteiger partial charge in [-0.1, -0.05) is 65.0 Å². The highest BCUT2D eigenvalue weighted by Gasteiger charge is 2.91. The van der Waals surface area contributed by atoms with E-state index in [4.69, 9.17) is 15.5 Å². The molecule has 0 bridgehead atoms. The third-order valence-electron chi connectivity index (χ3n) is 6.59. The summed E-state index contributed by atoms with van der Waals surface area (Å²) in [5.74, 6) is 2.44. The van der Waals surface area contributed by atoms with Crippen LogP contribution in [-0.4, -0.2) is 28.2 Å². The van der Waals surface area contributed by atoms with Crippen LogP contribution in [0.2, 0.25) is 0 Å². The van der Waals surface area contributed by atoms with E-state index in [0.717, 1.165) is 29.2 Å². The Morgan fingerprint density at radius 3 is 2.16 bits per heavy atom. The molecule has 0 saturated heterocycles. The number of amidine groups is 1. The topological polar surface area (TPSA) is 95.2 Å². The molecular formula is C25H34N4OS2. The van der Waals surface area contributed by atoms with Crippen molar-refractivity contribution in [3.8, 4) is 17.9 Å². The number of unbranched alkanes of at least 4 members (excludes halogenated alkanes) is 5. The number of hydrogen-bond donors (Lipinski definition) is 1. The number of hydrogen-bond acceptors (Lipinski definition) is 7. The summed E-state index contributed by atoms with van der Waals surface area (Å²) in [6.07, 6.45) is 7.38. The van der Waals surface area contributed by atoms with Crippen LogP contribution in [-0.2, 0) is 0 Å². The second kappa shape index (κ2) is 10.4. The van der Waals surface area contributed by atoms with Crippen LogP contribution in [0.3, 0.4) is 0 Å². The van der Waals surface area contributed by atoms with E-state index >= 15 is 0 Å². The number of nitrogens with two attached hydrogens (primary N) is 1. The molecule has 0 amide bonds. The van der Waals surface area contributed by atoms with Crippen LogP contribution in [0.1, 0.15) is 70.8 Å². The summed E-state index contributed by atoms with van der Waals surface area (Å²) in [5, 5.41) is 20.6. The third-order valence-corrected chi connectivity index (χ3v) is 9.48. The molecule has 0 aromatic heterocycles. The molecule has 2 N–H and O–H groups in total. The smallest absolute Gasteiger partial charge is 0.175 e. The molecule has 5 nitrogen and oxygen atoms in total. The maximum absolute atomic E-state index is 10.4. The normalized spacial score (nSPS) is 27.2. The first-order chi connectivity index (χ1) is 15.5. The van der Waals surface area contributed by atoms with Crippen molar-refractivity contribution in [3.05, 3.63) is 29.8 Å². The fourth-order valence-corrected chi connectivity index (χ4v) is 8.33. The highest BCUT2D eigenvalue weighted by Crippen LogP contribution is 2.85. The van der Waals surface area contributed by atoms with Gasteiger partial charge in [-0.25, -0.2) is 4.99 Å². The third kappa shape index (κ3) is 3.78. The second-order valence-electron chi connectivity index (χ2n) is 8.40. The lowest BCUT2D eigenvalue weighted by Crippen LogP contribution is -2.31. The van der Waals surface area contributed by atoms with Gasteiger partial charge in [0.05, 0.1) is 18.7 Å². The Bertz CT molecular complexity index is 898. The van der Waals surface area contributed by atoms with E-state index in [0.29, 0.717) is 12.4 Å². The summed E-state index contributed by atoms with van der Waals surface area (Å²) in [6, 6.07) is 12.8. The molecule has 2 aliphatic rings. The molecule has 172 valence electrons. The summed E-state index contributed by atoms with van der Waals surface area (Å²) in [7, 11) is 0. The van der Waals surface area contributed by atoms with Crippen LogP contribution in [0.15, 0.2) is 29.3 Å². The number of aliphatic imine (C=N–C) groups is 1. The second-order valence-corrected chi connectivity index (χ2v) is 11.6. The average Bonchev–Trinajstić information content (AvgIpc) is 3.38. The maximum atomic E-state index is 10.4. The maximum Gasteiger partial charge on any atom is 0.175 e. The SMILES string of the molecule is CCCCCCCCOc1ccc(C2C3(C#N)C(N)=NC(SCC)(SCC)C23C#N)cc1. The van der Waals surface area contributed by atoms with Crippen molar-refractivity contribution in [2.24, 2.45) is 21.6 Å². The minimum absolute atomic E-state index is 0.284. The van der Waals surface area contributed by atoms with Gasteiger partial charge in [-0.2, -0.15) is 10.5 Å². The summed E-state index contributed by atoms with van der Waals surface area (Å²) < 4.78 is 5.17. The number of fused-ring (bicyclic) bond motifs is 1. The van der Waals surface area contributed by atoms with Crippen LogP contribution in [0.5, 0.6) is 5.75 Å². The van der Waals surface area contributed by atoms with Gasteiger partial charge in [-0.3, -0.25) is 0 Å². The first-order valence-corrected chi connectivity index (χ1v) is 13.7. The van der Waals surface area contributed by atoms with E-state index in [-0.39, 0.29) is 5.92 Å². The van der Waals surface area contributed by atoms with Crippen molar-refractivity contribution < 1.29 is 4.74 Å². The van der Waals surface area contributed by atoms with Crippen molar-refractivity contribution in [3.63, 3.8) is 0 Å². The van der Waals surface area contributed by atoms with Crippen LogP contribution in [0.4, 0.5) is 0 Å². The quantitative estimate of drug-likeness (QED) is 0.277. The van der Waals surface area contributed by atoms with Gasteiger partial charge in [-0.15, -0.1) is 23.5 Å². The molecule has 1 fully saturated rings. The van der Waals surface area contributed by atoms with E-state index in [1.54, 1.807) is 23.5 Å². The van der Waals surface area contributed by atoms with Gasteiger partial charge in [0.2, 0.25) is 0 Å². The van der Waals surface area contributed by atoms with Crippen molar-refractivity contribution in [2.45, 2.75) is 69.4 Å². The first-order valence-electron chi connectivity index (χ1n) is 11.7. The molecule has 3 unspecified atom stereocenters. The van der Waals surface area contributed by atoms with Crippen LogP contribution >= 0.6 is 23.5 Å². The summed E-state index contributed by atoms with van der Waals surface area (Å²) in [4.78, 5) is 4.74. The van der Waals surface area contributed by atoms with Crippen molar-refractivity contribution in [2.75, 3.05) is 18.1 Å². The Morgan fingerprint density at radius 1 is 0.969 bits per heavy atom. The molecule has 3 rings (SSSR count).